The molecule has 1 unspecified atom stereocenters. The van der Waals surface area contributed by atoms with Gasteiger partial charge in [-0.25, -0.2) is 4.98 Å². The van der Waals surface area contributed by atoms with Crippen LogP contribution < -0.4 is 5.73 Å². The predicted molar refractivity (Wildman–Crippen MR) is 74.1 cm³/mol. The molecule has 19 heavy (non-hydrogen) atoms. The molecule has 1 saturated heterocycles. The number of amides is 1. The molecular weight excluding hydrogens is 240 g/mol. The van der Waals surface area contributed by atoms with Gasteiger partial charge in [-0.05, 0) is 38.6 Å². The number of benzene rings is 1. The van der Waals surface area contributed by atoms with E-state index in [0.29, 0.717) is 17.0 Å². The molecule has 1 aliphatic heterocycles. The first-order chi connectivity index (χ1) is 9.15. The Morgan fingerprint density at radius 3 is 3.11 bits per heavy atom. The molecule has 1 amide bonds. The molecule has 0 radical (unpaired) electrons. The van der Waals surface area contributed by atoms with Crippen LogP contribution in [0.25, 0.3) is 11.0 Å². The third kappa shape index (κ3) is 2.21. The second-order valence-corrected chi connectivity index (χ2v) is 5.29. The Kier molecular flexibility index (Phi) is 2.98. The van der Waals surface area contributed by atoms with E-state index in [-0.39, 0.29) is 0 Å². The molecule has 0 spiro atoms. The number of para-hydroxylation sites is 1. The number of rotatable bonds is 2. The van der Waals surface area contributed by atoms with Gasteiger partial charge in [-0.3, -0.25) is 4.79 Å². The number of carbonyl (C=O) groups is 1. The van der Waals surface area contributed by atoms with Gasteiger partial charge >= 0.3 is 0 Å². The fraction of sp³-hybridized carbons (Fsp3) is 0.429. The van der Waals surface area contributed by atoms with Crippen LogP contribution in [0.5, 0.6) is 0 Å². The summed E-state index contributed by atoms with van der Waals surface area (Å²) in [6, 6.07) is 5.49. The highest BCUT2D eigenvalue weighted by atomic mass is 16.1. The van der Waals surface area contributed by atoms with Crippen molar-refractivity contribution in [3.05, 3.63) is 29.6 Å². The van der Waals surface area contributed by atoms with Gasteiger partial charge in [0.15, 0.2) is 0 Å². The van der Waals surface area contributed by atoms with E-state index >= 15 is 0 Å². The Labute approximate surface area is 111 Å². The van der Waals surface area contributed by atoms with Gasteiger partial charge in [-0.2, -0.15) is 0 Å². The van der Waals surface area contributed by atoms with Crippen molar-refractivity contribution in [1.29, 1.82) is 0 Å². The molecule has 2 aromatic rings. The van der Waals surface area contributed by atoms with Crippen LogP contribution >= 0.6 is 0 Å². The van der Waals surface area contributed by atoms with Crippen molar-refractivity contribution in [2.45, 2.75) is 18.8 Å². The van der Waals surface area contributed by atoms with E-state index in [1.54, 1.807) is 6.07 Å². The minimum Gasteiger partial charge on any atom is -0.366 e. The van der Waals surface area contributed by atoms with Crippen LogP contribution in [0.1, 0.15) is 34.9 Å². The first-order valence-electron chi connectivity index (χ1n) is 6.62. The van der Waals surface area contributed by atoms with E-state index in [4.69, 9.17) is 5.73 Å². The summed E-state index contributed by atoms with van der Waals surface area (Å²) in [5, 5.41) is 0. The second-order valence-electron chi connectivity index (χ2n) is 5.29. The summed E-state index contributed by atoms with van der Waals surface area (Å²) in [4.78, 5) is 21.7. The summed E-state index contributed by atoms with van der Waals surface area (Å²) in [7, 11) is 2.13. The average Bonchev–Trinajstić information content (AvgIpc) is 2.82. The van der Waals surface area contributed by atoms with Crippen molar-refractivity contribution in [2.75, 3.05) is 20.1 Å². The molecule has 2 heterocycles. The lowest BCUT2D eigenvalue weighted by molar-refractivity contribution is 0.100. The molecule has 0 aliphatic carbocycles. The molecule has 3 N–H and O–H groups in total. The van der Waals surface area contributed by atoms with Gasteiger partial charge in [-0.15, -0.1) is 0 Å². The number of imidazole rings is 1. The molecule has 1 aromatic carbocycles. The Bertz CT molecular complexity index is 619. The van der Waals surface area contributed by atoms with Crippen LogP contribution in [0.15, 0.2) is 18.2 Å². The Hall–Kier alpha value is -1.88. The minimum atomic E-state index is -0.426. The molecule has 0 bridgehead atoms. The highest BCUT2D eigenvalue weighted by molar-refractivity contribution is 6.04. The maximum atomic E-state index is 11.4. The Balaban J connectivity index is 2.01. The number of aromatic amines is 1. The van der Waals surface area contributed by atoms with Gasteiger partial charge < -0.3 is 15.6 Å². The highest BCUT2D eigenvalue weighted by Gasteiger charge is 2.22. The van der Waals surface area contributed by atoms with Crippen LogP contribution in [-0.4, -0.2) is 40.9 Å². The van der Waals surface area contributed by atoms with Gasteiger partial charge in [0.2, 0.25) is 0 Å². The third-order valence-corrected chi connectivity index (χ3v) is 3.81. The number of primary amides is 1. The molecular formula is C14H18N4O. The summed E-state index contributed by atoms with van der Waals surface area (Å²) in [5.41, 5.74) is 7.46. The zero-order valence-electron chi connectivity index (χ0n) is 11.0. The van der Waals surface area contributed by atoms with Crippen molar-refractivity contribution in [3.8, 4) is 0 Å². The maximum absolute atomic E-state index is 11.4. The first-order valence-corrected chi connectivity index (χ1v) is 6.62. The topological polar surface area (TPSA) is 75.0 Å². The highest BCUT2D eigenvalue weighted by Crippen LogP contribution is 2.26. The second kappa shape index (κ2) is 4.66. The molecule has 5 heteroatoms. The van der Waals surface area contributed by atoms with Crippen LogP contribution in [0.3, 0.4) is 0 Å². The number of hydrogen-bond donors (Lipinski definition) is 2. The molecule has 1 atom stereocenters. The smallest absolute Gasteiger partial charge is 0.250 e. The molecule has 3 rings (SSSR count). The number of likely N-dealkylation sites (N-methyl/N-ethyl adjacent to an activating group) is 1. The van der Waals surface area contributed by atoms with E-state index in [2.05, 4.69) is 21.9 Å². The Morgan fingerprint density at radius 2 is 2.37 bits per heavy atom. The number of piperidine rings is 1. The molecule has 1 aromatic heterocycles. The number of fused-ring (bicyclic) bond motifs is 1. The van der Waals surface area contributed by atoms with Crippen LogP contribution in [0.2, 0.25) is 0 Å². The lowest BCUT2D eigenvalue weighted by Gasteiger charge is -2.28. The van der Waals surface area contributed by atoms with Crippen LogP contribution in [0, 0.1) is 0 Å². The van der Waals surface area contributed by atoms with E-state index in [1.807, 2.05) is 12.1 Å². The SMILES string of the molecule is CN1CCCC(c2nc3c(C(N)=O)cccc3[nH]2)C1. The van der Waals surface area contributed by atoms with Crippen molar-refractivity contribution in [3.63, 3.8) is 0 Å². The van der Waals surface area contributed by atoms with Gasteiger partial charge in [-0.1, -0.05) is 6.07 Å². The number of carbonyl (C=O) groups excluding carboxylic acids is 1. The number of likely N-dealkylation sites (tertiary alicyclic amines) is 1. The average molecular weight is 258 g/mol. The zero-order valence-corrected chi connectivity index (χ0v) is 11.0. The summed E-state index contributed by atoms with van der Waals surface area (Å²) < 4.78 is 0. The van der Waals surface area contributed by atoms with Gasteiger partial charge in [0.25, 0.3) is 5.91 Å². The molecule has 0 saturated carbocycles. The summed E-state index contributed by atoms with van der Waals surface area (Å²) in [5.74, 6) is 0.950. The summed E-state index contributed by atoms with van der Waals surface area (Å²) in [6.45, 7) is 2.15. The largest absolute Gasteiger partial charge is 0.366 e. The lowest BCUT2D eigenvalue weighted by Crippen LogP contribution is -2.31. The number of H-pyrrole nitrogens is 1. The van der Waals surface area contributed by atoms with Gasteiger partial charge in [0.1, 0.15) is 11.3 Å². The predicted octanol–water partition coefficient (Wildman–Crippen LogP) is 1.47. The minimum absolute atomic E-state index is 0.409. The molecule has 5 nitrogen and oxygen atoms in total. The van der Waals surface area contributed by atoms with E-state index < -0.39 is 5.91 Å². The van der Waals surface area contributed by atoms with Crippen molar-refractivity contribution < 1.29 is 4.79 Å². The maximum Gasteiger partial charge on any atom is 0.250 e. The molecule has 100 valence electrons. The lowest BCUT2D eigenvalue weighted by atomic mass is 9.98. The van der Waals surface area contributed by atoms with E-state index in [9.17, 15) is 4.79 Å². The van der Waals surface area contributed by atoms with Crippen LogP contribution in [-0.2, 0) is 0 Å². The van der Waals surface area contributed by atoms with Crippen molar-refractivity contribution in [2.24, 2.45) is 5.73 Å². The fourth-order valence-electron chi connectivity index (χ4n) is 2.83. The fourth-order valence-corrected chi connectivity index (χ4v) is 2.83. The standard InChI is InChI=1S/C14H18N4O/c1-18-7-3-4-9(8-18)14-16-11-6-2-5-10(13(15)19)12(11)17-14/h2,5-6,9H,3-4,7-8H2,1H3,(H2,15,19)(H,16,17). The molecule has 1 fully saturated rings. The van der Waals surface area contributed by atoms with Crippen molar-refractivity contribution >= 4 is 16.9 Å². The van der Waals surface area contributed by atoms with Gasteiger partial charge in [0, 0.05) is 12.5 Å². The van der Waals surface area contributed by atoms with E-state index in [0.717, 1.165) is 30.9 Å². The Morgan fingerprint density at radius 1 is 1.53 bits per heavy atom. The number of nitrogens with one attached hydrogen (secondary N) is 1. The first kappa shape index (κ1) is 12.2. The summed E-state index contributed by atoms with van der Waals surface area (Å²) >= 11 is 0. The van der Waals surface area contributed by atoms with Crippen LogP contribution in [0.4, 0.5) is 0 Å². The number of hydrogen-bond acceptors (Lipinski definition) is 3. The zero-order chi connectivity index (χ0) is 13.4. The number of nitrogens with zero attached hydrogens (tertiary/aromatic N) is 2. The number of nitrogens with two attached hydrogens (primary N) is 1. The van der Waals surface area contributed by atoms with Crippen molar-refractivity contribution in [1.82, 2.24) is 14.9 Å². The monoisotopic (exact) mass is 258 g/mol. The quantitative estimate of drug-likeness (QED) is 0.856. The number of aromatic nitrogens is 2. The van der Waals surface area contributed by atoms with E-state index in [1.165, 1.54) is 6.42 Å². The normalized spacial score (nSPS) is 20.8. The third-order valence-electron chi connectivity index (χ3n) is 3.81. The summed E-state index contributed by atoms with van der Waals surface area (Å²) in [6.07, 6.45) is 2.32. The molecule has 1 aliphatic rings. The van der Waals surface area contributed by atoms with Gasteiger partial charge in [0.05, 0.1) is 11.1 Å².